The second-order valence-corrected chi connectivity index (χ2v) is 6.43. The van der Waals surface area contributed by atoms with Gasteiger partial charge in [-0.2, -0.15) is 0 Å². The summed E-state index contributed by atoms with van der Waals surface area (Å²) in [5.74, 6) is 0.461. The van der Waals surface area contributed by atoms with Crippen molar-refractivity contribution in [3.05, 3.63) is 47.0 Å². The lowest BCUT2D eigenvalue weighted by Crippen LogP contribution is -2.32. The average Bonchev–Trinajstić information content (AvgIpc) is 2.74. The number of benzene rings is 2. The van der Waals surface area contributed by atoms with Crippen molar-refractivity contribution in [3.8, 4) is 23.0 Å². The molecule has 30 heavy (non-hydrogen) atoms. The Kier molecular flexibility index (Phi) is 8.34. The Hall–Kier alpha value is -3.42. The molecule has 0 aliphatic heterocycles. The molecule has 0 aliphatic rings. The van der Waals surface area contributed by atoms with Crippen LogP contribution in [0.2, 0.25) is 0 Å². The molecular formula is C22H27NO7. The molecule has 8 nitrogen and oxygen atoms in total. The molecule has 0 heterocycles. The van der Waals surface area contributed by atoms with Crippen molar-refractivity contribution in [1.29, 1.82) is 0 Å². The Morgan fingerprint density at radius 1 is 0.900 bits per heavy atom. The second-order valence-electron chi connectivity index (χ2n) is 6.43. The van der Waals surface area contributed by atoms with E-state index in [1.807, 2.05) is 32.0 Å². The Morgan fingerprint density at radius 2 is 1.60 bits per heavy atom. The number of rotatable bonds is 10. The fraction of sp³-hybridized carbons (Fsp3) is 0.364. The molecule has 162 valence electrons. The van der Waals surface area contributed by atoms with Crippen LogP contribution in [0.25, 0.3) is 0 Å². The highest BCUT2D eigenvalue weighted by molar-refractivity contribution is 5.95. The molecule has 2 aromatic rings. The van der Waals surface area contributed by atoms with E-state index >= 15 is 0 Å². The molecule has 0 fully saturated rings. The molecule has 0 radical (unpaired) electrons. The summed E-state index contributed by atoms with van der Waals surface area (Å²) in [4.78, 5) is 24.3. The zero-order valence-corrected chi connectivity index (χ0v) is 17.9. The highest BCUT2D eigenvalue weighted by atomic mass is 16.5. The smallest absolute Gasteiger partial charge is 0.342 e. The molecule has 0 aliphatic carbocycles. The lowest BCUT2D eigenvalue weighted by Gasteiger charge is -2.15. The Morgan fingerprint density at radius 3 is 2.23 bits per heavy atom. The largest absolute Gasteiger partial charge is 0.493 e. The molecule has 0 aromatic heterocycles. The zero-order chi connectivity index (χ0) is 22.1. The predicted octanol–water partition coefficient (Wildman–Crippen LogP) is 2.68. The number of esters is 1. The summed E-state index contributed by atoms with van der Waals surface area (Å²) in [5.41, 5.74) is 2.31. The fourth-order valence-corrected chi connectivity index (χ4v) is 2.83. The quantitative estimate of drug-likeness (QED) is 0.469. The first-order chi connectivity index (χ1) is 14.4. The lowest BCUT2D eigenvalue weighted by atomic mass is 10.1. The minimum atomic E-state index is -0.713. The maximum atomic E-state index is 12.4. The molecule has 0 saturated carbocycles. The summed E-state index contributed by atoms with van der Waals surface area (Å²) in [6.45, 7) is 4.12. The van der Waals surface area contributed by atoms with Crippen molar-refractivity contribution >= 4 is 11.9 Å². The average molecular weight is 417 g/mol. The van der Waals surface area contributed by atoms with Crippen LogP contribution in [-0.2, 0) is 9.53 Å². The molecule has 1 N–H and O–H groups in total. The van der Waals surface area contributed by atoms with Gasteiger partial charge in [-0.15, -0.1) is 0 Å². The molecule has 0 bridgehead atoms. The van der Waals surface area contributed by atoms with Crippen molar-refractivity contribution in [2.45, 2.75) is 13.8 Å². The van der Waals surface area contributed by atoms with Crippen LogP contribution in [0.15, 0.2) is 30.3 Å². The Balaban J connectivity index is 1.84. The van der Waals surface area contributed by atoms with Gasteiger partial charge in [-0.1, -0.05) is 17.7 Å². The van der Waals surface area contributed by atoms with E-state index in [4.69, 9.17) is 23.7 Å². The van der Waals surface area contributed by atoms with E-state index in [1.54, 1.807) is 6.07 Å². The second kappa shape index (κ2) is 10.9. The molecule has 1 amide bonds. The minimum absolute atomic E-state index is 0.126. The van der Waals surface area contributed by atoms with Crippen molar-refractivity contribution in [2.75, 3.05) is 41.1 Å². The third-order valence-corrected chi connectivity index (χ3v) is 4.27. The van der Waals surface area contributed by atoms with Crippen molar-refractivity contribution in [3.63, 3.8) is 0 Å². The van der Waals surface area contributed by atoms with E-state index < -0.39 is 18.5 Å². The normalized spacial score (nSPS) is 10.2. The number of hydrogen-bond acceptors (Lipinski definition) is 7. The fourth-order valence-electron chi connectivity index (χ4n) is 2.83. The van der Waals surface area contributed by atoms with Gasteiger partial charge < -0.3 is 29.0 Å². The summed E-state index contributed by atoms with van der Waals surface area (Å²) >= 11 is 0. The van der Waals surface area contributed by atoms with Gasteiger partial charge in [0, 0.05) is 0 Å². The van der Waals surface area contributed by atoms with E-state index in [1.165, 1.54) is 27.4 Å². The summed E-state index contributed by atoms with van der Waals surface area (Å²) in [7, 11) is 4.31. The molecular weight excluding hydrogens is 390 g/mol. The monoisotopic (exact) mass is 417 g/mol. The van der Waals surface area contributed by atoms with Crippen molar-refractivity contribution in [1.82, 2.24) is 5.32 Å². The number of hydrogen-bond donors (Lipinski definition) is 1. The highest BCUT2D eigenvalue weighted by Crippen LogP contribution is 2.39. The molecule has 0 saturated heterocycles. The molecule has 0 unspecified atom stereocenters. The number of nitrogens with one attached hydrogen (secondary N) is 1. The molecule has 2 aromatic carbocycles. The van der Waals surface area contributed by atoms with Crippen LogP contribution in [0.1, 0.15) is 21.5 Å². The Labute approximate surface area is 176 Å². The highest BCUT2D eigenvalue weighted by Gasteiger charge is 2.22. The van der Waals surface area contributed by atoms with Crippen LogP contribution in [0.5, 0.6) is 23.0 Å². The summed E-state index contributed by atoms with van der Waals surface area (Å²) in [6.07, 6.45) is 0. The number of carbonyl (C=O) groups excluding carboxylic acids is 2. The third kappa shape index (κ3) is 5.79. The van der Waals surface area contributed by atoms with Crippen molar-refractivity contribution < 1.29 is 33.3 Å². The van der Waals surface area contributed by atoms with Crippen LogP contribution >= 0.6 is 0 Å². The van der Waals surface area contributed by atoms with Gasteiger partial charge in [0.25, 0.3) is 5.91 Å². The summed E-state index contributed by atoms with van der Waals surface area (Å²) in [5, 5.41) is 2.64. The molecule has 8 heteroatoms. The van der Waals surface area contributed by atoms with Crippen molar-refractivity contribution in [2.24, 2.45) is 0 Å². The first-order valence-corrected chi connectivity index (χ1v) is 9.34. The Bertz CT molecular complexity index is 895. The predicted molar refractivity (Wildman–Crippen MR) is 111 cm³/mol. The first-order valence-electron chi connectivity index (χ1n) is 9.34. The minimum Gasteiger partial charge on any atom is -0.493 e. The standard InChI is InChI=1S/C22H27NO7/c1-14-6-8-17(15(2)12-14)29-11-10-23-19(24)13-30-22(25)16-7-9-18(26-3)21(28-5)20(16)27-4/h6-9,12H,10-11,13H2,1-5H3,(H,23,24). The van der Waals surface area contributed by atoms with Crippen LogP contribution < -0.4 is 24.3 Å². The van der Waals surface area contributed by atoms with Gasteiger partial charge in [0.15, 0.2) is 18.1 Å². The van der Waals surface area contributed by atoms with Crippen LogP contribution in [-0.4, -0.2) is 53.0 Å². The summed E-state index contributed by atoms with van der Waals surface area (Å²) in [6, 6.07) is 8.92. The number of amides is 1. The van der Waals surface area contributed by atoms with E-state index in [-0.39, 0.29) is 23.6 Å². The van der Waals surface area contributed by atoms with E-state index in [0.29, 0.717) is 12.4 Å². The first kappa shape index (κ1) is 22.9. The van der Waals surface area contributed by atoms with E-state index in [2.05, 4.69) is 5.32 Å². The van der Waals surface area contributed by atoms with Gasteiger partial charge in [-0.3, -0.25) is 4.79 Å². The SMILES string of the molecule is COc1ccc(C(=O)OCC(=O)NCCOc2ccc(C)cc2C)c(OC)c1OC. The molecule has 0 atom stereocenters. The van der Waals surface area contributed by atoms with Crippen LogP contribution in [0.4, 0.5) is 0 Å². The van der Waals surface area contributed by atoms with Crippen LogP contribution in [0.3, 0.4) is 0 Å². The third-order valence-electron chi connectivity index (χ3n) is 4.27. The zero-order valence-electron chi connectivity index (χ0n) is 17.9. The van der Waals surface area contributed by atoms with Gasteiger partial charge >= 0.3 is 5.97 Å². The lowest BCUT2D eigenvalue weighted by molar-refractivity contribution is -0.124. The van der Waals surface area contributed by atoms with Gasteiger partial charge in [0.2, 0.25) is 5.75 Å². The molecule has 2 rings (SSSR count). The molecule has 0 spiro atoms. The maximum absolute atomic E-state index is 12.4. The van der Waals surface area contributed by atoms with Crippen LogP contribution in [0, 0.1) is 13.8 Å². The van der Waals surface area contributed by atoms with Gasteiger partial charge in [0.05, 0.1) is 27.9 Å². The van der Waals surface area contributed by atoms with Gasteiger partial charge in [-0.25, -0.2) is 4.79 Å². The topological polar surface area (TPSA) is 92.3 Å². The summed E-state index contributed by atoms with van der Waals surface area (Å²) < 4.78 is 26.4. The van der Waals surface area contributed by atoms with E-state index in [9.17, 15) is 9.59 Å². The number of methoxy groups -OCH3 is 3. The van der Waals surface area contributed by atoms with E-state index in [0.717, 1.165) is 16.9 Å². The number of aryl methyl sites for hydroxylation is 2. The van der Waals surface area contributed by atoms with Gasteiger partial charge in [-0.05, 0) is 37.6 Å². The number of carbonyl (C=O) groups is 2. The van der Waals surface area contributed by atoms with Gasteiger partial charge in [0.1, 0.15) is 17.9 Å². The number of ether oxygens (including phenoxy) is 5. The maximum Gasteiger partial charge on any atom is 0.342 e.